The van der Waals surface area contributed by atoms with Crippen LogP contribution in [-0.2, 0) is 0 Å². The maximum absolute atomic E-state index is 13.6. The first kappa shape index (κ1) is 12.9. The van der Waals surface area contributed by atoms with Gasteiger partial charge in [-0.15, -0.1) is 10.2 Å². The summed E-state index contributed by atoms with van der Waals surface area (Å²) < 4.78 is 19.0. The van der Waals surface area contributed by atoms with Gasteiger partial charge < -0.3 is 4.42 Å². The van der Waals surface area contributed by atoms with Gasteiger partial charge in [0.2, 0.25) is 5.89 Å². The van der Waals surface area contributed by atoms with Crippen LogP contribution < -0.4 is 0 Å². The number of rotatable bonds is 3. The number of nitrogens with zero attached hydrogens (tertiary/aromatic N) is 3. The number of aromatic nitrogens is 2. The molecule has 0 bridgehead atoms. The summed E-state index contributed by atoms with van der Waals surface area (Å²) in [6, 6.07) is 11.7. The van der Waals surface area contributed by atoms with Crippen molar-refractivity contribution in [2.75, 3.05) is 0 Å². The first-order chi connectivity index (χ1) is 10.1. The fourth-order valence-corrected chi connectivity index (χ4v) is 1.81. The zero-order chi connectivity index (χ0) is 14.8. The van der Waals surface area contributed by atoms with Crippen LogP contribution in [0.25, 0.3) is 22.9 Å². The molecule has 0 saturated carbocycles. The Morgan fingerprint density at radius 3 is 2.33 bits per heavy atom. The van der Waals surface area contributed by atoms with Gasteiger partial charge in [-0.25, -0.2) is 4.39 Å². The van der Waals surface area contributed by atoms with Crippen molar-refractivity contribution in [1.82, 2.24) is 10.2 Å². The van der Waals surface area contributed by atoms with Crippen molar-refractivity contribution in [1.29, 1.82) is 0 Å². The number of hydrogen-bond donors (Lipinski definition) is 0. The molecule has 3 rings (SSSR count). The van der Waals surface area contributed by atoms with E-state index in [9.17, 15) is 14.5 Å². The molecule has 0 amide bonds. The third-order valence-electron chi connectivity index (χ3n) is 2.85. The fraction of sp³-hybridized carbons (Fsp3) is 0. The molecule has 2 aromatic carbocycles. The third-order valence-corrected chi connectivity index (χ3v) is 2.85. The Hall–Kier alpha value is -3.09. The van der Waals surface area contributed by atoms with E-state index in [1.807, 2.05) is 0 Å². The van der Waals surface area contributed by atoms with Crippen LogP contribution in [0.15, 0.2) is 52.9 Å². The Labute approximate surface area is 118 Å². The summed E-state index contributed by atoms with van der Waals surface area (Å²) in [7, 11) is 0. The van der Waals surface area contributed by atoms with E-state index < -0.39 is 10.7 Å². The Balaban J connectivity index is 1.95. The van der Waals surface area contributed by atoms with Crippen LogP contribution in [0, 0.1) is 15.9 Å². The van der Waals surface area contributed by atoms with Gasteiger partial charge in [0.25, 0.3) is 11.6 Å². The van der Waals surface area contributed by atoms with Crippen LogP contribution >= 0.6 is 0 Å². The molecule has 0 fully saturated rings. The molecule has 7 heteroatoms. The second kappa shape index (κ2) is 5.12. The highest BCUT2D eigenvalue weighted by atomic mass is 19.1. The highest BCUT2D eigenvalue weighted by molar-refractivity contribution is 5.59. The summed E-state index contributed by atoms with van der Waals surface area (Å²) in [6.07, 6.45) is 0. The second-order valence-corrected chi connectivity index (χ2v) is 4.20. The van der Waals surface area contributed by atoms with Gasteiger partial charge in [-0.3, -0.25) is 10.1 Å². The van der Waals surface area contributed by atoms with Gasteiger partial charge in [-0.2, -0.15) is 0 Å². The van der Waals surface area contributed by atoms with Gasteiger partial charge in [-0.1, -0.05) is 12.1 Å². The molecule has 0 unspecified atom stereocenters. The largest absolute Gasteiger partial charge is 0.416 e. The van der Waals surface area contributed by atoms with Crippen molar-refractivity contribution in [2.24, 2.45) is 0 Å². The maximum Gasteiger partial charge on any atom is 0.269 e. The first-order valence-corrected chi connectivity index (χ1v) is 5.98. The third kappa shape index (κ3) is 2.48. The van der Waals surface area contributed by atoms with Gasteiger partial charge in [-0.05, 0) is 24.3 Å². The molecule has 0 saturated heterocycles. The molecule has 21 heavy (non-hydrogen) atoms. The summed E-state index contributed by atoms with van der Waals surface area (Å²) in [5, 5.41) is 18.2. The second-order valence-electron chi connectivity index (χ2n) is 4.20. The minimum absolute atomic E-state index is 0.0346. The van der Waals surface area contributed by atoms with Crippen molar-refractivity contribution in [2.45, 2.75) is 0 Å². The summed E-state index contributed by atoms with van der Waals surface area (Å²) in [5.41, 5.74) is 0.696. The van der Waals surface area contributed by atoms with Crippen molar-refractivity contribution >= 4 is 5.69 Å². The summed E-state index contributed by atoms with van der Waals surface area (Å²) in [6.45, 7) is 0. The predicted octanol–water partition coefficient (Wildman–Crippen LogP) is 3.45. The van der Waals surface area contributed by atoms with Crippen LogP contribution in [0.4, 0.5) is 10.1 Å². The number of benzene rings is 2. The molecule has 0 N–H and O–H groups in total. The van der Waals surface area contributed by atoms with E-state index in [0.717, 1.165) is 0 Å². The van der Waals surface area contributed by atoms with E-state index in [2.05, 4.69) is 10.2 Å². The van der Waals surface area contributed by atoms with Gasteiger partial charge in [0.15, 0.2) is 0 Å². The van der Waals surface area contributed by atoms with Crippen LogP contribution in [0.3, 0.4) is 0 Å². The number of non-ortho nitro benzene ring substituents is 1. The van der Waals surface area contributed by atoms with Gasteiger partial charge in [0, 0.05) is 17.7 Å². The molecule has 0 atom stereocenters. The maximum atomic E-state index is 13.6. The minimum Gasteiger partial charge on any atom is -0.416 e. The van der Waals surface area contributed by atoms with Gasteiger partial charge >= 0.3 is 0 Å². The van der Waals surface area contributed by atoms with E-state index >= 15 is 0 Å². The molecular weight excluding hydrogens is 277 g/mol. The SMILES string of the molecule is O=[N+]([O-])c1ccc(-c2nnc(-c3ccccc3F)o2)cc1. The van der Waals surface area contributed by atoms with Gasteiger partial charge in [0.05, 0.1) is 10.5 Å². The summed E-state index contributed by atoms with van der Waals surface area (Å²) in [5.74, 6) is -0.235. The molecule has 1 heterocycles. The average molecular weight is 285 g/mol. The van der Waals surface area contributed by atoms with E-state index in [1.54, 1.807) is 12.1 Å². The molecule has 0 aliphatic carbocycles. The average Bonchev–Trinajstić information content (AvgIpc) is 2.97. The molecule has 0 aliphatic rings. The van der Waals surface area contributed by atoms with E-state index in [0.29, 0.717) is 5.56 Å². The van der Waals surface area contributed by atoms with Crippen molar-refractivity contribution < 1.29 is 13.7 Å². The number of nitro benzene ring substituents is 1. The predicted molar refractivity (Wildman–Crippen MR) is 71.8 cm³/mol. The molecule has 0 spiro atoms. The number of nitro groups is 1. The topological polar surface area (TPSA) is 82.1 Å². The summed E-state index contributed by atoms with van der Waals surface area (Å²) in [4.78, 5) is 10.1. The molecule has 3 aromatic rings. The standard InChI is InChI=1S/C14H8FN3O3/c15-12-4-2-1-3-11(12)14-17-16-13(21-14)9-5-7-10(8-6-9)18(19)20/h1-8H. The lowest BCUT2D eigenvalue weighted by molar-refractivity contribution is -0.384. The molecule has 104 valence electrons. The number of hydrogen-bond acceptors (Lipinski definition) is 5. The van der Waals surface area contributed by atoms with Crippen LogP contribution in [0.1, 0.15) is 0 Å². The lowest BCUT2D eigenvalue weighted by atomic mass is 10.2. The zero-order valence-corrected chi connectivity index (χ0v) is 10.6. The summed E-state index contributed by atoms with van der Waals surface area (Å²) >= 11 is 0. The Morgan fingerprint density at radius 2 is 1.67 bits per heavy atom. The van der Waals surface area contributed by atoms with E-state index in [1.165, 1.54) is 36.4 Å². The quantitative estimate of drug-likeness (QED) is 0.543. The Morgan fingerprint density at radius 1 is 1.00 bits per heavy atom. The highest BCUT2D eigenvalue weighted by Crippen LogP contribution is 2.26. The van der Waals surface area contributed by atoms with E-state index in [-0.39, 0.29) is 23.0 Å². The molecule has 0 aliphatic heterocycles. The van der Waals surface area contributed by atoms with Crippen molar-refractivity contribution in [3.63, 3.8) is 0 Å². The lowest BCUT2D eigenvalue weighted by Crippen LogP contribution is -1.87. The lowest BCUT2D eigenvalue weighted by Gasteiger charge is -1.96. The normalized spacial score (nSPS) is 10.5. The van der Waals surface area contributed by atoms with Gasteiger partial charge in [0.1, 0.15) is 5.82 Å². The Kier molecular flexibility index (Phi) is 3.15. The first-order valence-electron chi connectivity index (χ1n) is 5.98. The number of halogens is 1. The van der Waals surface area contributed by atoms with Crippen molar-refractivity contribution in [3.05, 3.63) is 64.5 Å². The monoisotopic (exact) mass is 285 g/mol. The fourth-order valence-electron chi connectivity index (χ4n) is 1.81. The van der Waals surface area contributed by atoms with Crippen molar-refractivity contribution in [3.8, 4) is 22.9 Å². The van der Waals surface area contributed by atoms with Crippen LogP contribution in [0.5, 0.6) is 0 Å². The Bertz CT molecular complexity index is 799. The zero-order valence-electron chi connectivity index (χ0n) is 10.6. The highest BCUT2D eigenvalue weighted by Gasteiger charge is 2.14. The molecule has 0 radical (unpaired) electrons. The molecule has 6 nitrogen and oxygen atoms in total. The smallest absolute Gasteiger partial charge is 0.269 e. The molecular formula is C14H8FN3O3. The molecule has 1 aromatic heterocycles. The minimum atomic E-state index is -0.498. The van der Waals surface area contributed by atoms with Crippen LogP contribution in [0.2, 0.25) is 0 Å². The van der Waals surface area contributed by atoms with Crippen LogP contribution in [-0.4, -0.2) is 15.1 Å². The van der Waals surface area contributed by atoms with E-state index in [4.69, 9.17) is 4.42 Å².